The average Bonchev–Trinajstić information content (AvgIpc) is 2.63. The lowest BCUT2D eigenvalue weighted by Crippen LogP contribution is -2.53. The number of carbonyl (C=O) groups is 2. The molecule has 0 radical (unpaired) electrons. The number of nitrogens with two attached hydrogens (primary N) is 1. The molecule has 3 amide bonds. The van der Waals surface area contributed by atoms with E-state index in [0.29, 0.717) is 30.5 Å². The Bertz CT molecular complexity index is 684. The summed E-state index contributed by atoms with van der Waals surface area (Å²) < 4.78 is 0. The van der Waals surface area contributed by atoms with Crippen LogP contribution in [-0.4, -0.2) is 37.1 Å². The van der Waals surface area contributed by atoms with E-state index < -0.39 is 0 Å². The SMILES string of the molecule is Cl.NC1CC2CCCC(C1)C2NC(=O)c1cccc(N2CCCNC2=O)c1. The van der Waals surface area contributed by atoms with Crippen LogP contribution in [0.25, 0.3) is 0 Å². The third kappa shape index (κ3) is 4.22. The second kappa shape index (κ2) is 8.48. The Hall–Kier alpha value is -1.79. The van der Waals surface area contributed by atoms with Gasteiger partial charge in [-0.15, -0.1) is 12.4 Å². The Kier molecular flexibility index (Phi) is 6.27. The highest BCUT2D eigenvalue weighted by Gasteiger charge is 2.40. The summed E-state index contributed by atoms with van der Waals surface area (Å²) in [4.78, 5) is 26.6. The van der Waals surface area contributed by atoms with Crippen LogP contribution >= 0.6 is 12.4 Å². The number of anilines is 1. The zero-order valence-electron chi connectivity index (χ0n) is 15.5. The molecule has 1 heterocycles. The average molecular weight is 393 g/mol. The van der Waals surface area contributed by atoms with Crippen molar-refractivity contribution in [2.75, 3.05) is 18.0 Å². The lowest BCUT2D eigenvalue weighted by Gasteiger charge is -2.45. The first-order valence-electron chi connectivity index (χ1n) is 9.83. The number of benzene rings is 1. The van der Waals surface area contributed by atoms with E-state index in [1.165, 1.54) is 6.42 Å². The van der Waals surface area contributed by atoms with Gasteiger partial charge in [-0.3, -0.25) is 9.69 Å². The van der Waals surface area contributed by atoms with Crippen LogP contribution in [0.3, 0.4) is 0 Å². The fourth-order valence-electron chi connectivity index (χ4n) is 4.95. The summed E-state index contributed by atoms with van der Waals surface area (Å²) in [6, 6.07) is 7.80. The minimum Gasteiger partial charge on any atom is -0.349 e. The van der Waals surface area contributed by atoms with Crippen molar-refractivity contribution in [3.8, 4) is 0 Å². The molecular weight excluding hydrogens is 364 g/mol. The molecule has 4 N–H and O–H groups in total. The van der Waals surface area contributed by atoms with Gasteiger partial charge in [0, 0.05) is 36.4 Å². The van der Waals surface area contributed by atoms with Crippen molar-refractivity contribution in [2.24, 2.45) is 17.6 Å². The number of urea groups is 1. The van der Waals surface area contributed by atoms with Gasteiger partial charge in [0.1, 0.15) is 0 Å². The first-order valence-corrected chi connectivity index (χ1v) is 9.83. The predicted molar refractivity (Wildman–Crippen MR) is 108 cm³/mol. The number of halogens is 1. The van der Waals surface area contributed by atoms with Gasteiger partial charge in [-0.05, 0) is 62.1 Å². The van der Waals surface area contributed by atoms with Gasteiger partial charge in [0.05, 0.1) is 0 Å². The van der Waals surface area contributed by atoms with Crippen LogP contribution in [0.1, 0.15) is 48.9 Å². The van der Waals surface area contributed by atoms with Crippen LogP contribution in [0.4, 0.5) is 10.5 Å². The number of amides is 3. The van der Waals surface area contributed by atoms with Gasteiger partial charge in [0.2, 0.25) is 0 Å². The van der Waals surface area contributed by atoms with Gasteiger partial charge >= 0.3 is 6.03 Å². The maximum Gasteiger partial charge on any atom is 0.321 e. The van der Waals surface area contributed by atoms with Crippen molar-refractivity contribution in [3.05, 3.63) is 29.8 Å². The highest BCUT2D eigenvalue weighted by molar-refractivity contribution is 5.98. The monoisotopic (exact) mass is 392 g/mol. The number of fused-ring (bicyclic) bond motifs is 2. The summed E-state index contributed by atoms with van der Waals surface area (Å²) >= 11 is 0. The standard InChI is InChI=1S/C20H28N4O2.ClH/c21-16-10-13-4-1-5-14(11-16)18(13)23-19(25)15-6-2-7-17(12-15)24-9-3-8-22-20(24)26;/h2,6-7,12-14,16,18H,1,3-5,8-11,21H2,(H,22,26)(H,23,25);1H. The molecule has 1 aromatic carbocycles. The molecule has 4 rings (SSSR count). The van der Waals surface area contributed by atoms with E-state index in [-0.39, 0.29) is 36.4 Å². The Balaban J connectivity index is 0.00000210. The molecule has 27 heavy (non-hydrogen) atoms. The largest absolute Gasteiger partial charge is 0.349 e. The molecule has 2 unspecified atom stereocenters. The van der Waals surface area contributed by atoms with E-state index >= 15 is 0 Å². The molecule has 2 atom stereocenters. The lowest BCUT2D eigenvalue weighted by atomic mass is 9.67. The van der Waals surface area contributed by atoms with Gasteiger partial charge in [-0.25, -0.2) is 4.79 Å². The molecule has 3 aliphatic rings. The molecule has 1 aliphatic heterocycles. The molecule has 2 aliphatic carbocycles. The van der Waals surface area contributed by atoms with Crippen LogP contribution in [0.2, 0.25) is 0 Å². The Morgan fingerprint density at radius 2 is 1.93 bits per heavy atom. The van der Waals surface area contributed by atoms with Gasteiger partial charge in [0.25, 0.3) is 5.91 Å². The van der Waals surface area contributed by atoms with Crippen LogP contribution in [-0.2, 0) is 0 Å². The maximum absolute atomic E-state index is 12.9. The molecule has 1 saturated heterocycles. The number of hydrogen-bond acceptors (Lipinski definition) is 3. The van der Waals surface area contributed by atoms with E-state index in [2.05, 4.69) is 10.6 Å². The number of carbonyl (C=O) groups excluding carboxylic acids is 2. The van der Waals surface area contributed by atoms with Crippen molar-refractivity contribution in [2.45, 2.75) is 50.6 Å². The molecule has 1 aromatic rings. The Morgan fingerprint density at radius 3 is 2.63 bits per heavy atom. The number of nitrogens with zero attached hydrogens (tertiary/aromatic N) is 1. The van der Waals surface area contributed by atoms with E-state index in [1.54, 1.807) is 4.90 Å². The number of hydrogen-bond donors (Lipinski definition) is 3. The second-order valence-electron chi connectivity index (χ2n) is 7.97. The van der Waals surface area contributed by atoms with Crippen LogP contribution in [0.5, 0.6) is 0 Å². The van der Waals surface area contributed by atoms with E-state index in [9.17, 15) is 9.59 Å². The number of rotatable bonds is 3. The van der Waals surface area contributed by atoms with Crippen molar-refractivity contribution >= 4 is 30.0 Å². The zero-order valence-corrected chi connectivity index (χ0v) is 16.3. The summed E-state index contributed by atoms with van der Waals surface area (Å²) in [5.41, 5.74) is 7.59. The van der Waals surface area contributed by atoms with E-state index in [4.69, 9.17) is 5.73 Å². The normalized spacial score (nSPS) is 30.1. The quantitative estimate of drug-likeness (QED) is 0.738. The smallest absolute Gasteiger partial charge is 0.321 e. The first kappa shape index (κ1) is 20.0. The molecule has 6 nitrogen and oxygen atoms in total. The summed E-state index contributed by atoms with van der Waals surface area (Å²) in [7, 11) is 0. The van der Waals surface area contributed by atoms with Crippen LogP contribution in [0, 0.1) is 11.8 Å². The molecule has 7 heteroatoms. The van der Waals surface area contributed by atoms with Gasteiger partial charge in [-0.1, -0.05) is 12.5 Å². The molecule has 2 bridgehead atoms. The predicted octanol–water partition coefficient (Wildman–Crippen LogP) is 2.66. The Labute approximate surface area is 166 Å². The minimum atomic E-state index is -0.0930. The summed E-state index contributed by atoms with van der Waals surface area (Å²) in [5.74, 6) is 0.955. The maximum atomic E-state index is 12.9. The van der Waals surface area contributed by atoms with E-state index in [1.807, 2.05) is 24.3 Å². The van der Waals surface area contributed by atoms with Gasteiger partial charge in [-0.2, -0.15) is 0 Å². The molecule has 148 valence electrons. The molecule has 0 aromatic heterocycles. The minimum absolute atomic E-state index is 0. The van der Waals surface area contributed by atoms with Crippen molar-refractivity contribution in [1.29, 1.82) is 0 Å². The summed E-state index contributed by atoms with van der Waals surface area (Å²) in [6.07, 6.45) is 6.49. The second-order valence-corrected chi connectivity index (χ2v) is 7.97. The molecule has 0 spiro atoms. The van der Waals surface area contributed by atoms with E-state index in [0.717, 1.165) is 37.8 Å². The van der Waals surface area contributed by atoms with Crippen LogP contribution < -0.4 is 21.3 Å². The van der Waals surface area contributed by atoms with Gasteiger partial charge in [0.15, 0.2) is 0 Å². The van der Waals surface area contributed by atoms with Crippen molar-refractivity contribution in [1.82, 2.24) is 10.6 Å². The fourth-order valence-corrected chi connectivity index (χ4v) is 4.95. The molecule has 2 saturated carbocycles. The fraction of sp³-hybridized carbons (Fsp3) is 0.600. The zero-order chi connectivity index (χ0) is 18.1. The highest BCUT2D eigenvalue weighted by atomic mass is 35.5. The molecule has 3 fully saturated rings. The van der Waals surface area contributed by atoms with Crippen LogP contribution in [0.15, 0.2) is 24.3 Å². The topological polar surface area (TPSA) is 87.5 Å². The van der Waals surface area contributed by atoms with Crippen molar-refractivity contribution in [3.63, 3.8) is 0 Å². The lowest BCUT2D eigenvalue weighted by molar-refractivity contribution is 0.0756. The first-order chi connectivity index (χ1) is 12.6. The molecular formula is C20H29ClN4O2. The highest BCUT2D eigenvalue weighted by Crippen LogP contribution is 2.39. The summed E-state index contributed by atoms with van der Waals surface area (Å²) in [6.45, 7) is 1.39. The number of nitrogens with one attached hydrogen (secondary N) is 2. The Morgan fingerprint density at radius 1 is 1.19 bits per heavy atom. The third-order valence-electron chi connectivity index (χ3n) is 6.17. The van der Waals surface area contributed by atoms with Gasteiger partial charge < -0.3 is 16.4 Å². The third-order valence-corrected chi connectivity index (χ3v) is 6.17. The summed E-state index contributed by atoms with van der Waals surface area (Å²) in [5, 5.41) is 6.14. The van der Waals surface area contributed by atoms with Crippen molar-refractivity contribution < 1.29 is 9.59 Å².